The first-order chi connectivity index (χ1) is 9.69. The summed E-state index contributed by atoms with van der Waals surface area (Å²) in [6, 6.07) is 8.05. The normalized spacial score (nSPS) is 23.8. The highest BCUT2D eigenvalue weighted by atomic mass is 16.5. The molecule has 0 bridgehead atoms. The molecule has 1 aliphatic heterocycles. The number of hydrogen-bond acceptors (Lipinski definition) is 3. The maximum Gasteiger partial charge on any atom is 0.123 e. The number of rotatable bonds is 6. The highest BCUT2D eigenvalue weighted by Crippen LogP contribution is 2.21. The van der Waals surface area contributed by atoms with E-state index < -0.39 is 0 Å². The van der Waals surface area contributed by atoms with Gasteiger partial charge in [0, 0.05) is 31.7 Å². The van der Waals surface area contributed by atoms with Gasteiger partial charge in [-0.3, -0.25) is 0 Å². The molecule has 20 heavy (non-hydrogen) atoms. The Balaban J connectivity index is 1.71. The molecule has 112 valence electrons. The molecular formula is C17H28N2O. The summed E-state index contributed by atoms with van der Waals surface area (Å²) in [5, 5.41) is 0. The van der Waals surface area contributed by atoms with Crippen molar-refractivity contribution in [3.05, 3.63) is 29.8 Å². The minimum absolute atomic E-state index is 0.539. The van der Waals surface area contributed by atoms with Gasteiger partial charge in [-0.1, -0.05) is 32.0 Å². The van der Waals surface area contributed by atoms with Crippen LogP contribution in [0.25, 0.3) is 0 Å². The van der Waals surface area contributed by atoms with E-state index in [4.69, 9.17) is 10.5 Å². The lowest BCUT2D eigenvalue weighted by atomic mass is 9.92. The van der Waals surface area contributed by atoms with Crippen LogP contribution in [0.15, 0.2) is 24.3 Å². The number of benzene rings is 1. The Morgan fingerprint density at radius 1 is 1.20 bits per heavy atom. The molecule has 1 heterocycles. The smallest absolute Gasteiger partial charge is 0.123 e. The third kappa shape index (κ3) is 4.50. The van der Waals surface area contributed by atoms with Crippen molar-refractivity contribution in [2.45, 2.75) is 33.2 Å². The Kier molecular flexibility index (Phi) is 5.86. The molecule has 0 spiro atoms. The molecule has 0 radical (unpaired) electrons. The lowest BCUT2D eigenvalue weighted by molar-refractivity contribution is 0.132. The molecule has 2 N–H and O–H groups in total. The van der Waals surface area contributed by atoms with Crippen LogP contribution in [0.5, 0.6) is 5.75 Å². The predicted molar refractivity (Wildman–Crippen MR) is 83.8 cm³/mol. The quantitative estimate of drug-likeness (QED) is 0.812. The molecule has 3 heteroatoms. The molecular weight excluding hydrogens is 248 g/mol. The van der Waals surface area contributed by atoms with Crippen molar-refractivity contribution in [1.29, 1.82) is 0 Å². The zero-order chi connectivity index (χ0) is 14.4. The second-order valence-corrected chi connectivity index (χ2v) is 6.22. The van der Waals surface area contributed by atoms with Crippen LogP contribution in [0.1, 0.15) is 32.3 Å². The van der Waals surface area contributed by atoms with Crippen molar-refractivity contribution in [2.75, 3.05) is 26.2 Å². The minimum Gasteiger partial charge on any atom is -0.493 e. The summed E-state index contributed by atoms with van der Waals surface area (Å²) in [4.78, 5) is 2.58. The van der Waals surface area contributed by atoms with Gasteiger partial charge in [-0.2, -0.15) is 0 Å². The van der Waals surface area contributed by atoms with Crippen LogP contribution in [0, 0.1) is 11.8 Å². The number of nitrogens with two attached hydrogens (primary N) is 1. The molecule has 1 saturated heterocycles. The van der Waals surface area contributed by atoms with Crippen LogP contribution >= 0.6 is 0 Å². The summed E-state index contributed by atoms with van der Waals surface area (Å²) in [7, 11) is 0. The van der Waals surface area contributed by atoms with E-state index in [0.717, 1.165) is 42.7 Å². The summed E-state index contributed by atoms with van der Waals surface area (Å²) in [6.45, 7) is 9.65. The van der Waals surface area contributed by atoms with Crippen LogP contribution in [0.3, 0.4) is 0 Å². The Morgan fingerprint density at radius 2 is 1.90 bits per heavy atom. The Morgan fingerprint density at radius 3 is 2.60 bits per heavy atom. The van der Waals surface area contributed by atoms with Gasteiger partial charge in [0.1, 0.15) is 5.75 Å². The molecule has 0 aliphatic carbocycles. The molecule has 0 saturated carbocycles. The van der Waals surface area contributed by atoms with Gasteiger partial charge >= 0.3 is 0 Å². The lowest BCUT2D eigenvalue weighted by Crippen LogP contribution is -2.39. The molecule has 1 fully saturated rings. The summed E-state index contributed by atoms with van der Waals surface area (Å²) >= 11 is 0. The van der Waals surface area contributed by atoms with Crippen molar-refractivity contribution >= 4 is 0 Å². The summed E-state index contributed by atoms with van der Waals surface area (Å²) < 4.78 is 5.87. The Hall–Kier alpha value is -1.06. The van der Waals surface area contributed by atoms with Crippen LogP contribution in [-0.2, 0) is 6.54 Å². The van der Waals surface area contributed by atoms with E-state index in [-0.39, 0.29) is 0 Å². The average molecular weight is 276 g/mol. The van der Waals surface area contributed by atoms with Gasteiger partial charge in [-0.15, -0.1) is 0 Å². The summed E-state index contributed by atoms with van der Waals surface area (Å²) in [6.07, 6.45) is 2.45. The maximum atomic E-state index is 5.87. The van der Waals surface area contributed by atoms with E-state index in [9.17, 15) is 0 Å². The lowest BCUT2D eigenvalue weighted by Gasteiger charge is -2.34. The Bertz CT molecular complexity index is 398. The highest BCUT2D eigenvalue weighted by Gasteiger charge is 2.20. The second kappa shape index (κ2) is 7.65. The molecule has 1 aromatic rings. The van der Waals surface area contributed by atoms with Gasteiger partial charge in [-0.05, 0) is 30.7 Å². The fourth-order valence-corrected chi connectivity index (χ4v) is 3.26. The van der Waals surface area contributed by atoms with Gasteiger partial charge in [0.15, 0.2) is 0 Å². The van der Waals surface area contributed by atoms with Crippen molar-refractivity contribution in [3.63, 3.8) is 0 Å². The van der Waals surface area contributed by atoms with Crippen molar-refractivity contribution < 1.29 is 4.74 Å². The van der Waals surface area contributed by atoms with Gasteiger partial charge in [0.05, 0.1) is 6.61 Å². The molecule has 2 unspecified atom stereocenters. The zero-order valence-electron chi connectivity index (χ0n) is 12.8. The molecule has 1 aromatic carbocycles. The topological polar surface area (TPSA) is 38.5 Å². The highest BCUT2D eigenvalue weighted by molar-refractivity contribution is 5.32. The Labute approximate surface area is 123 Å². The largest absolute Gasteiger partial charge is 0.493 e. The van der Waals surface area contributed by atoms with E-state index in [1.54, 1.807) is 0 Å². The van der Waals surface area contributed by atoms with Crippen molar-refractivity contribution in [1.82, 2.24) is 4.90 Å². The molecule has 1 aliphatic rings. The second-order valence-electron chi connectivity index (χ2n) is 6.22. The van der Waals surface area contributed by atoms with Crippen LogP contribution in [0.4, 0.5) is 0 Å². The zero-order valence-corrected chi connectivity index (χ0v) is 12.8. The van der Waals surface area contributed by atoms with Crippen molar-refractivity contribution in [2.24, 2.45) is 17.6 Å². The summed E-state index contributed by atoms with van der Waals surface area (Å²) in [5.41, 5.74) is 6.80. The monoisotopic (exact) mass is 276 g/mol. The van der Waals surface area contributed by atoms with E-state index in [0.29, 0.717) is 6.54 Å². The number of piperidine rings is 1. The van der Waals surface area contributed by atoms with Crippen LogP contribution < -0.4 is 10.5 Å². The minimum atomic E-state index is 0.539. The molecule has 0 amide bonds. The maximum absolute atomic E-state index is 5.87. The third-order valence-corrected chi connectivity index (χ3v) is 4.01. The van der Waals surface area contributed by atoms with Crippen LogP contribution in [0.2, 0.25) is 0 Å². The molecule has 3 nitrogen and oxygen atoms in total. The predicted octanol–water partition coefficient (Wildman–Crippen LogP) is 2.89. The first kappa shape index (κ1) is 15.3. The molecule has 2 atom stereocenters. The van der Waals surface area contributed by atoms with Gasteiger partial charge < -0.3 is 15.4 Å². The van der Waals surface area contributed by atoms with Gasteiger partial charge in [0.25, 0.3) is 0 Å². The van der Waals surface area contributed by atoms with Crippen molar-refractivity contribution in [3.8, 4) is 5.75 Å². The van der Waals surface area contributed by atoms with E-state index >= 15 is 0 Å². The van der Waals surface area contributed by atoms with E-state index in [1.807, 2.05) is 24.3 Å². The number of ether oxygens (including phenoxy) is 1. The fraction of sp³-hybridized carbons (Fsp3) is 0.647. The molecule has 0 aromatic heterocycles. The summed E-state index contributed by atoms with van der Waals surface area (Å²) in [5.74, 6) is 2.60. The number of nitrogens with zero attached hydrogens (tertiary/aromatic N) is 1. The standard InChI is InChI=1S/C17H28N2O/c1-14-10-15(2)13-19(12-14)8-5-9-20-17-7-4-3-6-16(17)11-18/h3-4,6-7,14-15H,5,8-13,18H2,1-2H3. The number of hydrogen-bond donors (Lipinski definition) is 1. The van der Waals surface area contributed by atoms with Gasteiger partial charge in [0.2, 0.25) is 0 Å². The number of likely N-dealkylation sites (tertiary alicyclic amines) is 1. The number of para-hydroxylation sites is 1. The van der Waals surface area contributed by atoms with E-state index in [1.165, 1.54) is 19.5 Å². The molecule has 2 rings (SSSR count). The first-order valence-corrected chi connectivity index (χ1v) is 7.82. The van der Waals surface area contributed by atoms with E-state index in [2.05, 4.69) is 18.7 Å². The average Bonchev–Trinajstić information content (AvgIpc) is 2.43. The SMILES string of the molecule is CC1CC(C)CN(CCCOc2ccccc2CN)C1. The van der Waals surface area contributed by atoms with Crippen LogP contribution in [-0.4, -0.2) is 31.1 Å². The third-order valence-electron chi connectivity index (χ3n) is 4.01. The first-order valence-electron chi connectivity index (χ1n) is 7.82. The fourth-order valence-electron chi connectivity index (χ4n) is 3.26. The van der Waals surface area contributed by atoms with Gasteiger partial charge in [-0.25, -0.2) is 0 Å².